The van der Waals surface area contributed by atoms with E-state index in [1.165, 1.54) is 11.0 Å². The zero-order valence-corrected chi connectivity index (χ0v) is 14.5. The van der Waals surface area contributed by atoms with E-state index < -0.39 is 4.92 Å². The zero-order valence-electron chi connectivity index (χ0n) is 14.5. The zero-order chi connectivity index (χ0) is 18.4. The molecule has 0 spiro atoms. The summed E-state index contributed by atoms with van der Waals surface area (Å²) in [5.74, 6) is 0.513. The van der Waals surface area contributed by atoms with Gasteiger partial charge < -0.3 is 15.0 Å². The number of hydrogen-bond acceptors (Lipinski definition) is 5. The first-order valence-corrected chi connectivity index (χ1v) is 7.77. The Morgan fingerprint density at radius 3 is 2.64 bits per heavy atom. The normalized spacial score (nSPS) is 10.2. The van der Waals surface area contributed by atoms with Gasteiger partial charge in [-0.1, -0.05) is 12.1 Å². The van der Waals surface area contributed by atoms with E-state index in [0.717, 1.165) is 11.3 Å². The molecule has 0 bridgehead atoms. The fraction of sp³-hybridized carbons (Fsp3) is 0.278. The second-order valence-electron chi connectivity index (χ2n) is 5.84. The van der Waals surface area contributed by atoms with E-state index in [0.29, 0.717) is 17.9 Å². The van der Waals surface area contributed by atoms with Crippen LogP contribution in [0.5, 0.6) is 5.75 Å². The van der Waals surface area contributed by atoms with Crippen LogP contribution in [0.4, 0.5) is 11.4 Å². The van der Waals surface area contributed by atoms with Crippen molar-refractivity contribution in [1.82, 2.24) is 4.90 Å². The number of rotatable bonds is 7. The third kappa shape index (κ3) is 5.20. The lowest BCUT2D eigenvalue weighted by atomic mass is 10.1. The minimum Gasteiger partial charge on any atom is -0.484 e. The van der Waals surface area contributed by atoms with Gasteiger partial charge in [-0.3, -0.25) is 14.9 Å². The molecule has 25 heavy (non-hydrogen) atoms. The molecule has 2 rings (SSSR count). The van der Waals surface area contributed by atoms with Gasteiger partial charge in [0.05, 0.1) is 4.92 Å². The van der Waals surface area contributed by atoms with E-state index in [1.807, 2.05) is 18.2 Å². The molecule has 2 aromatic carbocycles. The minimum absolute atomic E-state index is 0.00850. The van der Waals surface area contributed by atoms with E-state index in [2.05, 4.69) is 5.32 Å². The van der Waals surface area contributed by atoms with Crippen molar-refractivity contribution in [3.8, 4) is 5.75 Å². The van der Waals surface area contributed by atoms with Gasteiger partial charge in [0.15, 0.2) is 6.61 Å². The number of likely N-dealkylation sites (N-methyl/N-ethyl adjacent to an activating group) is 1. The summed E-state index contributed by atoms with van der Waals surface area (Å²) in [5, 5.41) is 14.1. The Kier molecular flexibility index (Phi) is 5.94. The predicted octanol–water partition coefficient (Wildman–Crippen LogP) is 2.98. The maximum atomic E-state index is 11.6. The Hall–Kier alpha value is -3.09. The predicted molar refractivity (Wildman–Crippen MR) is 95.8 cm³/mol. The summed E-state index contributed by atoms with van der Waals surface area (Å²) in [5.41, 5.74) is 2.49. The lowest BCUT2D eigenvalue weighted by Gasteiger charge is -2.12. The third-order valence-electron chi connectivity index (χ3n) is 3.65. The van der Waals surface area contributed by atoms with Crippen LogP contribution in [0.15, 0.2) is 42.5 Å². The van der Waals surface area contributed by atoms with Crippen LogP contribution in [0.3, 0.4) is 0 Å². The molecular formula is C18H21N3O4. The molecule has 0 aliphatic rings. The summed E-state index contributed by atoms with van der Waals surface area (Å²) in [6.45, 7) is 2.24. The standard InChI is InChI=1S/C18H21N3O4/c1-13-9-15(7-8-17(13)21(23)24)19-11-14-5-4-6-16(10-14)25-12-18(22)20(2)3/h4-10,19H,11-12H2,1-3H3. The van der Waals surface area contributed by atoms with Crippen molar-refractivity contribution in [2.75, 3.05) is 26.0 Å². The average Bonchev–Trinajstić information content (AvgIpc) is 2.57. The van der Waals surface area contributed by atoms with E-state index in [-0.39, 0.29) is 18.2 Å². The van der Waals surface area contributed by atoms with Gasteiger partial charge in [-0.2, -0.15) is 0 Å². The van der Waals surface area contributed by atoms with Crippen LogP contribution < -0.4 is 10.1 Å². The molecule has 0 saturated heterocycles. The molecule has 0 aliphatic carbocycles. The van der Waals surface area contributed by atoms with Crippen molar-refractivity contribution in [1.29, 1.82) is 0 Å². The first-order valence-electron chi connectivity index (χ1n) is 7.77. The minimum atomic E-state index is -0.394. The molecule has 2 aromatic rings. The molecule has 132 valence electrons. The smallest absolute Gasteiger partial charge is 0.272 e. The number of nitro benzene ring substituents is 1. The first-order chi connectivity index (χ1) is 11.9. The molecule has 7 heteroatoms. The lowest BCUT2D eigenvalue weighted by Crippen LogP contribution is -2.27. The van der Waals surface area contributed by atoms with Crippen LogP contribution in [-0.2, 0) is 11.3 Å². The lowest BCUT2D eigenvalue weighted by molar-refractivity contribution is -0.385. The third-order valence-corrected chi connectivity index (χ3v) is 3.65. The summed E-state index contributed by atoms with van der Waals surface area (Å²) < 4.78 is 5.49. The fourth-order valence-corrected chi connectivity index (χ4v) is 2.19. The second kappa shape index (κ2) is 8.14. The van der Waals surface area contributed by atoms with Gasteiger partial charge in [-0.05, 0) is 36.8 Å². The summed E-state index contributed by atoms with van der Waals surface area (Å²) in [7, 11) is 3.36. The molecule has 0 aromatic heterocycles. The Morgan fingerprint density at radius 2 is 2.00 bits per heavy atom. The van der Waals surface area contributed by atoms with Gasteiger partial charge in [-0.15, -0.1) is 0 Å². The molecule has 0 atom stereocenters. The number of carbonyl (C=O) groups is 1. The van der Waals surface area contributed by atoms with Crippen LogP contribution in [0.2, 0.25) is 0 Å². The maximum Gasteiger partial charge on any atom is 0.272 e. The number of amides is 1. The van der Waals surface area contributed by atoms with Gasteiger partial charge in [0, 0.05) is 38.0 Å². The SMILES string of the molecule is Cc1cc(NCc2cccc(OCC(=O)N(C)C)c2)ccc1[N+](=O)[O-]. The number of nitro groups is 1. The van der Waals surface area contributed by atoms with Crippen molar-refractivity contribution in [2.24, 2.45) is 0 Å². The number of anilines is 1. The summed E-state index contributed by atoms with van der Waals surface area (Å²) in [4.78, 5) is 23.5. The molecular weight excluding hydrogens is 322 g/mol. The Bertz CT molecular complexity index is 775. The van der Waals surface area contributed by atoms with E-state index in [1.54, 1.807) is 39.2 Å². The highest BCUT2D eigenvalue weighted by Gasteiger charge is 2.10. The largest absolute Gasteiger partial charge is 0.484 e. The Morgan fingerprint density at radius 1 is 1.24 bits per heavy atom. The van der Waals surface area contributed by atoms with Crippen molar-refractivity contribution >= 4 is 17.3 Å². The van der Waals surface area contributed by atoms with Gasteiger partial charge in [0.1, 0.15) is 5.75 Å². The highest BCUT2D eigenvalue weighted by molar-refractivity contribution is 5.77. The number of nitrogens with zero attached hydrogens (tertiary/aromatic N) is 2. The van der Waals surface area contributed by atoms with Crippen molar-refractivity contribution in [3.63, 3.8) is 0 Å². The number of benzene rings is 2. The second-order valence-corrected chi connectivity index (χ2v) is 5.84. The number of carbonyl (C=O) groups excluding carboxylic acids is 1. The molecule has 0 radical (unpaired) electrons. The highest BCUT2D eigenvalue weighted by atomic mass is 16.6. The monoisotopic (exact) mass is 343 g/mol. The van der Waals surface area contributed by atoms with Crippen molar-refractivity contribution in [3.05, 3.63) is 63.7 Å². The molecule has 0 heterocycles. The maximum absolute atomic E-state index is 11.6. The topological polar surface area (TPSA) is 84.7 Å². The van der Waals surface area contributed by atoms with Crippen LogP contribution >= 0.6 is 0 Å². The first kappa shape index (κ1) is 18.3. The van der Waals surface area contributed by atoms with Crippen LogP contribution in [0, 0.1) is 17.0 Å². The Labute approximate surface area is 146 Å². The number of aryl methyl sites for hydroxylation is 1. The van der Waals surface area contributed by atoms with Crippen LogP contribution in [-0.4, -0.2) is 36.4 Å². The van der Waals surface area contributed by atoms with E-state index in [4.69, 9.17) is 4.74 Å². The van der Waals surface area contributed by atoms with Crippen LogP contribution in [0.25, 0.3) is 0 Å². The molecule has 1 amide bonds. The van der Waals surface area contributed by atoms with Crippen molar-refractivity contribution in [2.45, 2.75) is 13.5 Å². The van der Waals surface area contributed by atoms with E-state index in [9.17, 15) is 14.9 Å². The van der Waals surface area contributed by atoms with Crippen LogP contribution in [0.1, 0.15) is 11.1 Å². The quantitative estimate of drug-likeness (QED) is 0.617. The number of nitrogens with one attached hydrogen (secondary N) is 1. The summed E-state index contributed by atoms with van der Waals surface area (Å²) >= 11 is 0. The average molecular weight is 343 g/mol. The molecule has 0 fully saturated rings. The molecule has 0 aliphatic heterocycles. The molecule has 7 nitrogen and oxygen atoms in total. The molecule has 0 unspecified atom stereocenters. The highest BCUT2D eigenvalue weighted by Crippen LogP contribution is 2.22. The summed E-state index contributed by atoms with van der Waals surface area (Å²) in [6, 6.07) is 12.4. The van der Waals surface area contributed by atoms with Gasteiger partial charge in [0.25, 0.3) is 11.6 Å². The molecule has 1 N–H and O–H groups in total. The van der Waals surface area contributed by atoms with E-state index >= 15 is 0 Å². The van der Waals surface area contributed by atoms with Gasteiger partial charge >= 0.3 is 0 Å². The number of ether oxygens (including phenoxy) is 1. The van der Waals surface area contributed by atoms with Gasteiger partial charge in [-0.25, -0.2) is 0 Å². The summed E-state index contributed by atoms with van der Waals surface area (Å²) in [6.07, 6.45) is 0. The number of hydrogen-bond donors (Lipinski definition) is 1. The fourth-order valence-electron chi connectivity index (χ4n) is 2.19. The molecule has 0 saturated carbocycles. The van der Waals surface area contributed by atoms with Gasteiger partial charge in [0.2, 0.25) is 0 Å². The van der Waals surface area contributed by atoms with Crippen molar-refractivity contribution < 1.29 is 14.5 Å². The Balaban J connectivity index is 1.97.